The summed E-state index contributed by atoms with van der Waals surface area (Å²) in [5.74, 6) is -1.61. The Kier molecular flexibility index (Phi) is 3.86. The van der Waals surface area contributed by atoms with Gasteiger partial charge in [-0.2, -0.15) is 0 Å². The van der Waals surface area contributed by atoms with Crippen molar-refractivity contribution < 1.29 is 8.78 Å². The number of rotatable bonds is 3. The summed E-state index contributed by atoms with van der Waals surface area (Å²) in [6, 6.07) is 3.99. The van der Waals surface area contributed by atoms with Gasteiger partial charge in [-0.3, -0.25) is 4.90 Å². The molecule has 17 heavy (non-hydrogen) atoms. The van der Waals surface area contributed by atoms with E-state index in [1.54, 1.807) is 12.1 Å². The fourth-order valence-corrected chi connectivity index (χ4v) is 2.15. The summed E-state index contributed by atoms with van der Waals surface area (Å²) in [6.45, 7) is 7.38. The van der Waals surface area contributed by atoms with Crippen molar-refractivity contribution in [1.29, 1.82) is 0 Å². The summed E-state index contributed by atoms with van der Waals surface area (Å²) in [5, 5.41) is 3.26. The van der Waals surface area contributed by atoms with Gasteiger partial charge in [0.05, 0.1) is 6.04 Å². The van der Waals surface area contributed by atoms with Crippen molar-refractivity contribution in [3.8, 4) is 0 Å². The second kappa shape index (κ2) is 5.38. The Balaban J connectivity index is 2.21. The lowest BCUT2D eigenvalue weighted by Gasteiger charge is -2.33. The van der Waals surface area contributed by atoms with Gasteiger partial charge in [0.25, 0.3) is 0 Å². The molecular weight excluding hydrogens is 222 g/mol. The van der Waals surface area contributed by atoms with Gasteiger partial charge in [0.2, 0.25) is 0 Å². The van der Waals surface area contributed by atoms with Crippen LogP contribution in [0.5, 0.6) is 0 Å². The summed E-state index contributed by atoms with van der Waals surface area (Å²) in [4.78, 5) is 2.20. The highest BCUT2D eigenvalue weighted by molar-refractivity contribution is 5.24. The highest BCUT2D eigenvalue weighted by Gasteiger charge is 2.20. The van der Waals surface area contributed by atoms with Crippen LogP contribution in [0.4, 0.5) is 8.78 Å². The van der Waals surface area contributed by atoms with E-state index in [0.29, 0.717) is 0 Å². The first-order valence-electron chi connectivity index (χ1n) is 5.74. The molecule has 2 nitrogen and oxygen atoms in total. The minimum atomic E-state index is -0.808. The van der Waals surface area contributed by atoms with Crippen molar-refractivity contribution in [2.75, 3.05) is 26.2 Å². The van der Waals surface area contributed by atoms with E-state index in [1.807, 2.05) is 0 Å². The van der Waals surface area contributed by atoms with Crippen LogP contribution in [0.15, 0.2) is 30.9 Å². The second-order valence-corrected chi connectivity index (χ2v) is 4.14. The van der Waals surface area contributed by atoms with E-state index >= 15 is 0 Å². The van der Waals surface area contributed by atoms with Crippen LogP contribution in [0.1, 0.15) is 11.6 Å². The van der Waals surface area contributed by atoms with Crippen LogP contribution < -0.4 is 5.32 Å². The zero-order chi connectivity index (χ0) is 12.3. The van der Waals surface area contributed by atoms with Crippen molar-refractivity contribution >= 4 is 0 Å². The lowest BCUT2D eigenvalue weighted by Crippen LogP contribution is -2.44. The van der Waals surface area contributed by atoms with Crippen LogP contribution in [-0.2, 0) is 0 Å². The van der Waals surface area contributed by atoms with Gasteiger partial charge in [-0.25, -0.2) is 8.78 Å². The number of hydrogen-bond donors (Lipinski definition) is 1. The van der Waals surface area contributed by atoms with Gasteiger partial charge < -0.3 is 5.32 Å². The first-order valence-corrected chi connectivity index (χ1v) is 5.74. The van der Waals surface area contributed by atoms with E-state index in [0.717, 1.165) is 31.7 Å². The van der Waals surface area contributed by atoms with E-state index in [-0.39, 0.29) is 6.04 Å². The molecule has 0 spiro atoms. The van der Waals surface area contributed by atoms with Crippen LogP contribution in [0.2, 0.25) is 0 Å². The molecule has 1 heterocycles. The van der Waals surface area contributed by atoms with E-state index in [4.69, 9.17) is 0 Å². The minimum absolute atomic E-state index is 0.0489. The number of halogens is 2. The van der Waals surface area contributed by atoms with Gasteiger partial charge in [0, 0.05) is 26.2 Å². The molecule has 1 atom stereocenters. The third-order valence-electron chi connectivity index (χ3n) is 3.05. The molecule has 0 aromatic heterocycles. The minimum Gasteiger partial charge on any atom is -0.314 e. The third-order valence-corrected chi connectivity index (χ3v) is 3.05. The molecule has 1 fully saturated rings. The van der Waals surface area contributed by atoms with E-state index in [9.17, 15) is 8.78 Å². The molecule has 1 aromatic carbocycles. The Morgan fingerprint density at radius 1 is 1.24 bits per heavy atom. The quantitative estimate of drug-likeness (QED) is 0.811. The van der Waals surface area contributed by atoms with E-state index < -0.39 is 11.6 Å². The molecule has 2 rings (SSSR count). The number of piperazine rings is 1. The number of nitrogens with one attached hydrogen (secondary N) is 1. The first-order chi connectivity index (χ1) is 8.22. The second-order valence-electron chi connectivity index (χ2n) is 4.14. The van der Waals surface area contributed by atoms with Crippen molar-refractivity contribution in [1.82, 2.24) is 10.2 Å². The van der Waals surface area contributed by atoms with Crippen molar-refractivity contribution in [3.05, 3.63) is 48.1 Å². The number of hydrogen-bond acceptors (Lipinski definition) is 2. The summed E-state index contributed by atoms with van der Waals surface area (Å²) in [6.07, 6.45) is 1.78. The maximum Gasteiger partial charge on any atom is 0.159 e. The van der Waals surface area contributed by atoms with Gasteiger partial charge in [-0.05, 0) is 17.7 Å². The zero-order valence-electron chi connectivity index (χ0n) is 9.63. The first kappa shape index (κ1) is 12.2. The monoisotopic (exact) mass is 238 g/mol. The van der Waals surface area contributed by atoms with Crippen LogP contribution in [0.3, 0.4) is 0 Å². The maximum atomic E-state index is 13.2. The Hall–Kier alpha value is -1.26. The highest BCUT2D eigenvalue weighted by Crippen LogP contribution is 2.23. The molecule has 0 bridgehead atoms. The fourth-order valence-electron chi connectivity index (χ4n) is 2.15. The molecule has 0 saturated carbocycles. The number of nitrogens with zero attached hydrogens (tertiary/aromatic N) is 1. The summed E-state index contributed by atoms with van der Waals surface area (Å²) in [5.41, 5.74) is 0.751. The average Bonchev–Trinajstić information content (AvgIpc) is 2.36. The van der Waals surface area contributed by atoms with Gasteiger partial charge in [0.15, 0.2) is 11.6 Å². The molecular formula is C13H16F2N2. The summed E-state index contributed by atoms with van der Waals surface area (Å²) >= 11 is 0. The largest absolute Gasteiger partial charge is 0.314 e. The summed E-state index contributed by atoms with van der Waals surface area (Å²) in [7, 11) is 0. The normalized spacial score (nSPS) is 18.9. The lowest BCUT2D eigenvalue weighted by atomic mass is 10.0. The Labute approximate surface area is 99.9 Å². The van der Waals surface area contributed by atoms with E-state index in [2.05, 4.69) is 16.8 Å². The van der Waals surface area contributed by atoms with Crippen LogP contribution in [0, 0.1) is 11.6 Å². The van der Waals surface area contributed by atoms with Crippen molar-refractivity contribution in [2.24, 2.45) is 0 Å². The number of benzene rings is 1. The molecule has 0 aliphatic carbocycles. The van der Waals surface area contributed by atoms with Crippen LogP contribution in [-0.4, -0.2) is 31.1 Å². The average molecular weight is 238 g/mol. The lowest BCUT2D eigenvalue weighted by molar-refractivity contribution is 0.203. The van der Waals surface area contributed by atoms with Gasteiger partial charge in [-0.1, -0.05) is 12.1 Å². The molecule has 0 amide bonds. The smallest absolute Gasteiger partial charge is 0.159 e. The van der Waals surface area contributed by atoms with E-state index in [1.165, 1.54) is 12.1 Å². The van der Waals surface area contributed by atoms with Crippen molar-refractivity contribution in [3.63, 3.8) is 0 Å². The van der Waals surface area contributed by atoms with Crippen molar-refractivity contribution in [2.45, 2.75) is 6.04 Å². The zero-order valence-corrected chi connectivity index (χ0v) is 9.63. The van der Waals surface area contributed by atoms with Gasteiger partial charge >= 0.3 is 0 Å². The molecule has 0 unspecified atom stereocenters. The topological polar surface area (TPSA) is 15.3 Å². The highest BCUT2D eigenvalue weighted by atomic mass is 19.2. The summed E-state index contributed by atoms with van der Waals surface area (Å²) < 4.78 is 26.1. The maximum absolute atomic E-state index is 13.2. The standard InChI is InChI=1S/C13H16F2N2/c1-2-13(17-7-5-16-6-8-17)10-3-4-11(14)12(15)9-10/h2-4,9,13,16H,1,5-8H2/t13-/m1/s1. The Bertz CT molecular complexity index is 400. The molecule has 1 saturated heterocycles. The van der Waals surface area contributed by atoms with Crippen LogP contribution >= 0.6 is 0 Å². The Morgan fingerprint density at radius 3 is 2.53 bits per heavy atom. The van der Waals surface area contributed by atoms with Gasteiger partial charge in [0.1, 0.15) is 0 Å². The molecule has 1 aliphatic rings. The molecule has 1 N–H and O–H groups in total. The predicted octanol–water partition coefficient (Wildman–Crippen LogP) is 2.10. The molecule has 1 aromatic rings. The Morgan fingerprint density at radius 2 is 1.94 bits per heavy atom. The molecule has 4 heteroatoms. The molecule has 0 radical (unpaired) electrons. The van der Waals surface area contributed by atoms with Gasteiger partial charge in [-0.15, -0.1) is 6.58 Å². The predicted molar refractivity (Wildman–Crippen MR) is 63.7 cm³/mol. The fraction of sp³-hybridized carbons (Fsp3) is 0.385. The molecule has 92 valence electrons. The van der Waals surface area contributed by atoms with Crippen LogP contribution in [0.25, 0.3) is 0 Å². The molecule has 1 aliphatic heterocycles. The third kappa shape index (κ3) is 2.70. The SMILES string of the molecule is C=C[C@H](c1ccc(F)c(F)c1)N1CCNCC1.